The lowest BCUT2D eigenvalue weighted by Gasteiger charge is -2.24. The summed E-state index contributed by atoms with van der Waals surface area (Å²) in [7, 11) is 0. The van der Waals surface area contributed by atoms with Crippen molar-refractivity contribution in [1.82, 2.24) is 21.1 Å². The Morgan fingerprint density at radius 2 is 1.82 bits per heavy atom. The summed E-state index contributed by atoms with van der Waals surface area (Å²) in [5, 5.41) is 3.15. The summed E-state index contributed by atoms with van der Waals surface area (Å²) in [5.41, 5.74) is 7.57. The Balaban J connectivity index is 1.88. The molecule has 0 saturated carbocycles. The van der Waals surface area contributed by atoms with E-state index in [2.05, 4.69) is 54.0 Å². The standard InChI is InChI=1S/C17H28N4O/c1-4-10-21(11-15-8-6-5-7-9-15)12-16(22)18-17-13(2)19-20-14(17)3/h5-9,13-14,17,19-20H,4,10-12H2,1-3H3,(H,18,22). The van der Waals surface area contributed by atoms with Crippen molar-refractivity contribution in [3.63, 3.8) is 0 Å². The fourth-order valence-electron chi connectivity index (χ4n) is 2.93. The Morgan fingerprint density at radius 1 is 1.18 bits per heavy atom. The largest absolute Gasteiger partial charge is 0.349 e. The third-order valence-electron chi connectivity index (χ3n) is 4.10. The number of benzene rings is 1. The van der Waals surface area contributed by atoms with Gasteiger partial charge in [-0.15, -0.1) is 0 Å². The van der Waals surface area contributed by atoms with Crippen LogP contribution in [0.15, 0.2) is 30.3 Å². The van der Waals surface area contributed by atoms with Crippen molar-refractivity contribution in [2.45, 2.75) is 51.9 Å². The van der Waals surface area contributed by atoms with Crippen molar-refractivity contribution in [3.8, 4) is 0 Å². The molecule has 2 atom stereocenters. The maximum Gasteiger partial charge on any atom is 0.234 e. The lowest BCUT2D eigenvalue weighted by Crippen LogP contribution is -2.49. The summed E-state index contributed by atoms with van der Waals surface area (Å²) in [4.78, 5) is 14.6. The molecule has 0 bridgehead atoms. The second-order valence-corrected chi connectivity index (χ2v) is 6.16. The molecule has 5 heteroatoms. The predicted molar refractivity (Wildman–Crippen MR) is 89.1 cm³/mol. The van der Waals surface area contributed by atoms with Crippen LogP contribution < -0.4 is 16.2 Å². The fraction of sp³-hybridized carbons (Fsp3) is 0.588. The Kier molecular flexibility index (Phi) is 6.36. The van der Waals surface area contributed by atoms with Gasteiger partial charge in [-0.25, -0.2) is 0 Å². The van der Waals surface area contributed by atoms with Gasteiger partial charge in [-0.2, -0.15) is 0 Å². The van der Waals surface area contributed by atoms with Crippen LogP contribution in [0.5, 0.6) is 0 Å². The Bertz CT molecular complexity index is 455. The molecule has 0 radical (unpaired) electrons. The van der Waals surface area contributed by atoms with E-state index in [9.17, 15) is 4.79 Å². The number of nitrogens with one attached hydrogen (secondary N) is 3. The molecule has 1 aromatic carbocycles. The van der Waals surface area contributed by atoms with E-state index < -0.39 is 0 Å². The van der Waals surface area contributed by atoms with Crippen molar-refractivity contribution in [2.24, 2.45) is 0 Å². The van der Waals surface area contributed by atoms with Gasteiger partial charge in [0, 0.05) is 18.6 Å². The van der Waals surface area contributed by atoms with Crippen molar-refractivity contribution in [2.75, 3.05) is 13.1 Å². The zero-order valence-electron chi connectivity index (χ0n) is 13.8. The number of carbonyl (C=O) groups is 1. The fourth-order valence-corrected chi connectivity index (χ4v) is 2.93. The van der Waals surface area contributed by atoms with Crippen molar-refractivity contribution in [1.29, 1.82) is 0 Å². The quantitative estimate of drug-likeness (QED) is 0.710. The molecule has 1 heterocycles. The summed E-state index contributed by atoms with van der Waals surface area (Å²) >= 11 is 0. The van der Waals surface area contributed by atoms with Crippen molar-refractivity contribution < 1.29 is 4.79 Å². The second-order valence-electron chi connectivity index (χ2n) is 6.16. The van der Waals surface area contributed by atoms with Gasteiger partial charge in [-0.1, -0.05) is 37.3 Å². The molecule has 2 unspecified atom stereocenters. The van der Waals surface area contributed by atoms with Crippen molar-refractivity contribution >= 4 is 5.91 Å². The second kappa shape index (κ2) is 8.27. The van der Waals surface area contributed by atoms with E-state index in [1.54, 1.807) is 0 Å². The van der Waals surface area contributed by atoms with Gasteiger partial charge in [0.05, 0.1) is 12.6 Å². The Hall–Kier alpha value is -1.43. The third-order valence-corrected chi connectivity index (χ3v) is 4.10. The number of hydrogen-bond acceptors (Lipinski definition) is 4. The van der Waals surface area contributed by atoms with Crippen LogP contribution in [0.1, 0.15) is 32.8 Å². The van der Waals surface area contributed by atoms with Crippen LogP contribution in [0.25, 0.3) is 0 Å². The highest BCUT2D eigenvalue weighted by atomic mass is 16.2. The highest BCUT2D eigenvalue weighted by Gasteiger charge is 2.31. The number of carbonyl (C=O) groups excluding carboxylic acids is 1. The highest BCUT2D eigenvalue weighted by molar-refractivity contribution is 5.78. The first-order valence-corrected chi connectivity index (χ1v) is 8.17. The number of rotatable bonds is 7. The van der Waals surface area contributed by atoms with Crippen LogP contribution in [-0.2, 0) is 11.3 Å². The van der Waals surface area contributed by atoms with Crippen LogP contribution >= 0.6 is 0 Å². The van der Waals surface area contributed by atoms with Gasteiger partial charge in [-0.05, 0) is 32.4 Å². The van der Waals surface area contributed by atoms with E-state index >= 15 is 0 Å². The van der Waals surface area contributed by atoms with Gasteiger partial charge >= 0.3 is 0 Å². The molecule has 5 nitrogen and oxygen atoms in total. The summed E-state index contributed by atoms with van der Waals surface area (Å²) in [5.74, 6) is 0.0959. The highest BCUT2D eigenvalue weighted by Crippen LogP contribution is 2.07. The van der Waals surface area contributed by atoms with E-state index in [0.29, 0.717) is 6.54 Å². The molecule has 22 heavy (non-hydrogen) atoms. The molecule has 1 fully saturated rings. The normalized spacial score (nSPS) is 24.6. The van der Waals surface area contributed by atoms with Crippen LogP contribution in [-0.4, -0.2) is 42.0 Å². The van der Waals surface area contributed by atoms with Crippen LogP contribution in [0.4, 0.5) is 0 Å². The van der Waals surface area contributed by atoms with Crippen molar-refractivity contribution in [3.05, 3.63) is 35.9 Å². The minimum absolute atomic E-state index is 0.0959. The molecule has 1 amide bonds. The van der Waals surface area contributed by atoms with Gasteiger partial charge < -0.3 is 5.32 Å². The summed E-state index contributed by atoms with van der Waals surface area (Å²) < 4.78 is 0. The molecule has 1 aromatic rings. The average molecular weight is 304 g/mol. The lowest BCUT2D eigenvalue weighted by molar-refractivity contribution is -0.123. The zero-order valence-corrected chi connectivity index (χ0v) is 13.8. The molecule has 0 spiro atoms. The first-order valence-electron chi connectivity index (χ1n) is 8.17. The van der Waals surface area contributed by atoms with Crippen LogP contribution in [0.3, 0.4) is 0 Å². The predicted octanol–water partition coefficient (Wildman–Crippen LogP) is 1.27. The van der Waals surface area contributed by atoms with E-state index in [0.717, 1.165) is 19.5 Å². The minimum Gasteiger partial charge on any atom is -0.349 e. The molecular weight excluding hydrogens is 276 g/mol. The number of hydrazine groups is 1. The first-order chi connectivity index (χ1) is 10.6. The molecule has 1 saturated heterocycles. The van der Waals surface area contributed by atoms with E-state index in [1.807, 2.05) is 18.2 Å². The molecule has 1 aliphatic heterocycles. The van der Waals surface area contributed by atoms with E-state index in [1.165, 1.54) is 5.56 Å². The molecule has 3 N–H and O–H groups in total. The number of amides is 1. The van der Waals surface area contributed by atoms with Gasteiger partial charge in [0.15, 0.2) is 0 Å². The molecule has 0 aromatic heterocycles. The molecular formula is C17H28N4O. The smallest absolute Gasteiger partial charge is 0.234 e. The zero-order chi connectivity index (χ0) is 15.9. The molecule has 1 aliphatic rings. The van der Waals surface area contributed by atoms with Gasteiger partial charge in [0.2, 0.25) is 5.91 Å². The van der Waals surface area contributed by atoms with E-state index in [-0.39, 0.29) is 24.0 Å². The summed E-state index contributed by atoms with van der Waals surface area (Å²) in [6.45, 7) is 8.48. The third kappa shape index (κ3) is 4.80. The van der Waals surface area contributed by atoms with Gasteiger partial charge in [0.1, 0.15) is 0 Å². The first kappa shape index (κ1) is 16.9. The summed E-state index contributed by atoms with van der Waals surface area (Å²) in [6.07, 6.45) is 1.04. The lowest BCUT2D eigenvalue weighted by atomic mass is 10.1. The molecule has 2 rings (SSSR count). The monoisotopic (exact) mass is 304 g/mol. The van der Waals surface area contributed by atoms with Crippen LogP contribution in [0.2, 0.25) is 0 Å². The maximum absolute atomic E-state index is 12.4. The van der Waals surface area contributed by atoms with Gasteiger partial charge in [0.25, 0.3) is 0 Å². The topological polar surface area (TPSA) is 56.4 Å². The summed E-state index contributed by atoms with van der Waals surface area (Å²) in [6, 6.07) is 10.9. The SMILES string of the molecule is CCCN(CC(=O)NC1C(C)NNC1C)Cc1ccccc1. The maximum atomic E-state index is 12.4. The Labute approximate surface area is 133 Å². The van der Waals surface area contributed by atoms with Crippen LogP contribution in [0, 0.1) is 0 Å². The van der Waals surface area contributed by atoms with E-state index in [4.69, 9.17) is 0 Å². The molecule has 122 valence electrons. The Morgan fingerprint density at radius 3 is 2.41 bits per heavy atom. The number of hydrogen-bond donors (Lipinski definition) is 3. The minimum atomic E-state index is 0.0959. The molecule has 0 aliphatic carbocycles. The van der Waals surface area contributed by atoms with Gasteiger partial charge in [-0.3, -0.25) is 20.5 Å². The number of nitrogens with zero attached hydrogens (tertiary/aromatic N) is 1. The average Bonchev–Trinajstić information content (AvgIpc) is 2.80.